The maximum Gasteiger partial charge on any atom is 0.250 e. The van der Waals surface area contributed by atoms with E-state index in [0.29, 0.717) is 32.5 Å². The first kappa shape index (κ1) is 28.5. The number of piperazine rings is 1. The molecule has 9 nitrogen and oxygen atoms in total. The second kappa shape index (κ2) is 13.0. The smallest absolute Gasteiger partial charge is 0.250 e. The molecule has 0 bridgehead atoms. The molecule has 0 unspecified atom stereocenters. The number of methoxy groups -OCH3 is 1. The van der Waals surface area contributed by atoms with Crippen molar-refractivity contribution < 1.29 is 24.2 Å². The summed E-state index contributed by atoms with van der Waals surface area (Å²) < 4.78 is 4.85. The van der Waals surface area contributed by atoms with Gasteiger partial charge >= 0.3 is 0 Å². The Balaban J connectivity index is 1.40. The van der Waals surface area contributed by atoms with E-state index in [-0.39, 0.29) is 30.2 Å². The Labute approximate surface area is 226 Å². The first-order chi connectivity index (χ1) is 18.4. The molecular formula is C29H44N4O5. The third-order valence-corrected chi connectivity index (χ3v) is 8.57. The summed E-state index contributed by atoms with van der Waals surface area (Å²) in [5.41, 5.74) is 0.997. The Kier molecular flexibility index (Phi) is 9.79. The Morgan fingerprint density at radius 2 is 1.84 bits per heavy atom. The fraction of sp³-hybridized carbons (Fsp3) is 0.690. The molecule has 1 aromatic carbocycles. The van der Waals surface area contributed by atoms with Gasteiger partial charge in [0.2, 0.25) is 17.7 Å². The van der Waals surface area contributed by atoms with Crippen molar-refractivity contribution in [2.24, 2.45) is 5.92 Å². The van der Waals surface area contributed by atoms with Crippen molar-refractivity contribution in [2.45, 2.75) is 88.9 Å². The Bertz CT molecular complexity index is 954. The average molecular weight is 529 g/mol. The zero-order valence-electron chi connectivity index (χ0n) is 22.9. The van der Waals surface area contributed by atoms with Crippen LogP contribution in [-0.2, 0) is 25.7 Å². The number of carbonyl (C=O) groups is 3. The number of anilines is 1. The average Bonchev–Trinajstić information content (AvgIpc) is 2.93. The van der Waals surface area contributed by atoms with Gasteiger partial charge in [-0.15, -0.1) is 0 Å². The van der Waals surface area contributed by atoms with E-state index in [2.05, 4.69) is 22.5 Å². The van der Waals surface area contributed by atoms with Gasteiger partial charge in [0.15, 0.2) is 0 Å². The summed E-state index contributed by atoms with van der Waals surface area (Å²) in [6, 6.07) is 6.91. The van der Waals surface area contributed by atoms with E-state index in [9.17, 15) is 19.5 Å². The lowest BCUT2D eigenvalue weighted by atomic mass is 9.78. The number of hydrogen-bond acceptors (Lipinski definition) is 6. The van der Waals surface area contributed by atoms with Crippen LogP contribution in [0.15, 0.2) is 24.3 Å². The third-order valence-electron chi connectivity index (χ3n) is 8.57. The first-order valence-electron chi connectivity index (χ1n) is 14.3. The van der Waals surface area contributed by atoms with Gasteiger partial charge in [0, 0.05) is 39.0 Å². The van der Waals surface area contributed by atoms with Crippen LogP contribution in [0.3, 0.4) is 0 Å². The van der Waals surface area contributed by atoms with E-state index < -0.39 is 17.7 Å². The summed E-state index contributed by atoms with van der Waals surface area (Å²) in [6.45, 7) is 4.79. The van der Waals surface area contributed by atoms with E-state index in [0.717, 1.165) is 56.3 Å². The van der Waals surface area contributed by atoms with Crippen LogP contribution in [0.25, 0.3) is 0 Å². The molecule has 4 rings (SSSR count). The van der Waals surface area contributed by atoms with Crippen LogP contribution in [0.2, 0.25) is 0 Å². The molecule has 9 heteroatoms. The topological polar surface area (TPSA) is 111 Å². The maximum absolute atomic E-state index is 13.8. The molecule has 3 amide bonds. The van der Waals surface area contributed by atoms with Crippen molar-refractivity contribution in [1.82, 2.24) is 15.1 Å². The fourth-order valence-electron chi connectivity index (χ4n) is 6.32. The number of aliphatic hydroxyl groups excluding tert-OH is 1. The molecule has 1 aliphatic carbocycles. The fourth-order valence-corrected chi connectivity index (χ4v) is 6.32. The highest BCUT2D eigenvalue weighted by molar-refractivity contribution is 6.00. The van der Waals surface area contributed by atoms with Crippen molar-refractivity contribution >= 4 is 23.4 Å². The van der Waals surface area contributed by atoms with E-state index in [1.165, 1.54) is 13.5 Å². The lowest BCUT2D eigenvalue weighted by molar-refractivity contribution is -0.166. The van der Waals surface area contributed by atoms with Crippen molar-refractivity contribution in [3.8, 4) is 0 Å². The number of carbonyl (C=O) groups excluding carboxylic acids is 3. The normalized spacial score (nSPS) is 23.3. The number of piperidine rings is 1. The molecule has 1 saturated carbocycles. The van der Waals surface area contributed by atoms with Gasteiger partial charge in [-0.2, -0.15) is 0 Å². The van der Waals surface area contributed by atoms with Gasteiger partial charge in [0.05, 0.1) is 6.10 Å². The maximum atomic E-state index is 13.8. The highest BCUT2D eigenvalue weighted by Gasteiger charge is 2.55. The van der Waals surface area contributed by atoms with Gasteiger partial charge in [-0.25, -0.2) is 0 Å². The second-order valence-electron chi connectivity index (χ2n) is 11.2. The van der Waals surface area contributed by atoms with Gasteiger partial charge in [-0.05, 0) is 55.7 Å². The summed E-state index contributed by atoms with van der Waals surface area (Å²) in [5, 5.41) is 16.9. The number of unbranched alkanes of at least 4 members (excludes halogenated alkanes) is 1. The largest absolute Gasteiger partial charge is 0.390 e. The summed E-state index contributed by atoms with van der Waals surface area (Å²) in [7, 11) is 1.49. The van der Waals surface area contributed by atoms with E-state index in [4.69, 9.17) is 4.74 Å². The molecule has 210 valence electrons. The minimum absolute atomic E-state index is 0.0168. The molecule has 3 fully saturated rings. The van der Waals surface area contributed by atoms with Gasteiger partial charge in [-0.1, -0.05) is 44.7 Å². The summed E-state index contributed by atoms with van der Waals surface area (Å²) in [4.78, 5) is 43.3. The lowest BCUT2D eigenvalue weighted by Crippen LogP contribution is -2.75. The highest BCUT2D eigenvalue weighted by atomic mass is 16.5. The van der Waals surface area contributed by atoms with E-state index >= 15 is 0 Å². The number of rotatable bonds is 10. The number of aliphatic hydroxyl groups is 1. The zero-order chi connectivity index (χ0) is 27.1. The molecule has 3 aliphatic rings. The molecule has 0 radical (unpaired) electrons. The molecule has 2 atom stereocenters. The monoisotopic (exact) mass is 528 g/mol. The Morgan fingerprint density at radius 1 is 1.16 bits per heavy atom. The van der Waals surface area contributed by atoms with E-state index in [1.54, 1.807) is 0 Å². The summed E-state index contributed by atoms with van der Waals surface area (Å²) in [6.07, 6.45) is 7.24. The summed E-state index contributed by atoms with van der Waals surface area (Å²) >= 11 is 0. The number of ether oxygens (including phenoxy) is 1. The molecule has 2 aliphatic heterocycles. The van der Waals surface area contributed by atoms with Crippen LogP contribution in [-0.4, -0.2) is 83.7 Å². The SMILES string of the molecule is CCCCN1C(=O)[C@@H]([C@H](O)C2CCCCC2)NC(=O)C12CCN(Cc1ccc(NC(=O)COC)cc1)CC2. The lowest BCUT2D eigenvalue weighted by Gasteiger charge is -2.52. The Hall–Kier alpha value is -2.49. The number of amides is 3. The van der Waals surface area contributed by atoms with Gasteiger partial charge < -0.3 is 25.4 Å². The molecule has 2 saturated heterocycles. The minimum Gasteiger partial charge on any atom is -0.390 e. The van der Waals surface area contributed by atoms with Crippen molar-refractivity contribution in [3.63, 3.8) is 0 Å². The number of likely N-dealkylation sites (tertiary alicyclic amines) is 1. The molecule has 3 N–H and O–H groups in total. The standard InChI is InChI=1S/C29H44N4O5/c1-3-4-16-33-27(36)25(26(35)22-8-6-5-7-9-22)31-28(37)29(33)14-17-32(18-15-29)19-21-10-12-23(13-11-21)30-24(34)20-38-2/h10-13,22,25-26,35H,3-9,14-20H2,1-2H3,(H,30,34)(H,31,37)/t25-,26-/m1/s1. The summed E-state index contributed by atoms with van der Waals surface area (Å²) in [5.74, 6) is -0.343. The van der Waals surface area contributed by atoms with E-state index in [1.807, 2.05) is 29.2 Å². The van der Waals surface area contributed by atoms with Gasteiger partial charge in [0.25, 0.3) is 0 Å². The quantitative estimate of drug-likeness (QED) is 0.431. The minimum atomic E-state index is -0.846. The molecule has 2 heterocycles. The number of benzene rings is 1. The van der Waals surface area contributed by atoms with Crippen molar-refractivity contribution in [3.05, 3.63) is 29.8 Å². The molecule has 1 spiro atoms. The van der Waals surface area contributed by atoms with Gasteiger partial charge in [-0.3, -0.25) is 19.3 Å². The number of hydrogen-bond donors (Lipinski definition) is 3. The van der Waals surface area contributed by atoms with Crippen LogP contribution < -0.4 is 10.6 Å². The Morgan fingerprint density at radius 3 is 2.47 bits per heavy atom. The zero-order valence-corrected chi connectivity index (χ0v) is 22.9. The number of nitrogens with one attached hydrogen (secondary N) is 2. The van der Waals surface area contributed by atoms with Gasteiger partial charge in [0.1, 0.15) is 18.2 Å². The molecule has 0 aromatic heterocycles. The highest BCUT2D eigenvalue weighted by Crippen LogP contribution is 2.36. The van der Waals surface area contributed by atoms with Crippen LogP contribution in [0, 0.1) is 5.92 Å². The number of nitrogens with zero attached hydrogens (tertiary/aromatic N) is 2. The van der Waals surface area contributed by atoms with Crippen molar-refractivity contribution in [1.29, 1.82) is 0 Å². The van der Waals surface area contributed by atoms with Crippen molar-refractivity contribution in [2.75, 3.05) is 38.7 Å². The molecule has 1 aromatic rings. The third kappa shape index (κ3) is 6.38. The van der Waals surface area contributed by atoms with Crippen LogP contribution in [0.5, 0.6) is 0 Å². The predicted octanol–water partition coefficient (Wildman–Crippen LogP) is 2.67. The van der Waals surface area contributed by atoms with Crippen LogP contribution in [0.4, 0.5) is 5.69 Å². The second-order valence-corrected chi connectivity index (χ2v) is 11.2. The van der Waals surface area contributed by atoms with Crippen LogP contribution in [0.1, 0.15) is 70.3 Å². The predicted molar refractivity (Wildman–Crippen MR) is 145 cm³/mol. The molecule has 38 heavy (non-hydrogen) atoms. The molecular weight excluding hydrogens is 484 g/mol. The first-order valence-corrected chi connectivity index (χ1v) is 14.3. The van der Waals surface area contributed by atoms with Crippen LogP contribution >= 0.6 is 0 Å².